The first-order valence-electron chi connectivity index (χ1n) is 9.78. The zero-order valence-corrected chi connectivity index (χ0v) is 16.3. The molecule has 6 N–H and O–H groups in total. The molecule has 1 fully saturated rings. The van der Waals surface area contributed by atoms with E-state index >= 15 is 0 Å². The normalized spacial score (nSPS) is 14.1. The molecule has 3 aromatic rings. The Morgan fingerprint density at radius 3 is 2.41 bits per heavy atom. The van der Waals surface area contributed by atoms with E-state index in [0.717, 1.165) is 23.7 Å². The van der Waals surface area contributed by atoms with Crippen molar-refractivity contribution in [3.63, 3.8) is 0 Å². The maximum absolute atomic E-state index is 11.3. The van der Waals surface area contributed by atoms with Crippen LogP contribution in [-0.4, -0.2) is 27.8 Å². The number of carbonyl (C=O) groups excluding carboxylic acids is 1. The van der Waals surface area contributed by atoms with Crippen LogP contribution in [0.25, 0.3) is 10.9 Å². The second kappa shape index (κ2) is 9.30. The molecule has 0 saturated heterocycles. The van der Waals surface area contributed by atoms with E-state index in [1.807, 2.05) is 30.3 Å². The second-order valence-electron chi connectivity index (χ2n) is 7.22. The van der Waals surface area contributed by atoms with Crippen molar-refractivity contribution < 1.29 is 9.90 Å². The Labute approximate surface area is 170 Å². The number of aliphatic hydroxyl groups is 1. The van der Waals surface area contributed by atoms with Crippen molar-refractivity contribution in [2.24, 2.45) is 5.73 Å². The molecule has 6 heteroatoms. The zero-order chi connectivity index (χ0) is 20.8. The Kier molecular flexibility index (Phi) is 6.57. The Morgan fingerprint density at radius 1 is 1.03 bits per heavy atom. The minimum atomic E-state index is -0.555. The van der Waals surface area contributed by atoms with Crippen LogP contribution in [0.2, 0.25) is 0 Å². The van der Waals surface area contributed by atoms with Gasteiger partial charge in [0.2, 0.25) is 5.91 Å². The van der Waals surface area contributed by atoms with Gasteiger partial charge in [-0.05, 0) is 43.2 Å². The van der Waals surface area contributed by atoms with Crippen LogP contribution in [0, 0.1) is 5.41 Å². The lowest BCUT2D eigenvalue weighted by molar-refractivity contribution is 0.1000. The summed E-state index contributed by atoms with van der Waals surface area (Å²) in [5.41, 5.74) is 13.8. The van der Waals surface area contributed by atoms with Gasteiger partial charge in [-0.1, -0.05) is 43.5 Å². The van der Waals surface area contributed by atoms with Gasteiger partial charge in [-0.15, -0.1) is 0 Å². The van der Waals surface area contributed by atoms with Crippen molar-refractivity contribution in [3.05, 3.63) is 71.4 Å². The van der Waals surface area contributed by atoms with Crippen molar-refractivity contribution in [3.8, 4) is 0 Å². The van der Waals surface area contributed by atoms with Gasteiger partial charge >= 0.3 is 0 Å². The number of aliphatic hydroxyl groups excluding tert-OH is 1. The average Bonchev–Trinajstić information content (AvgIpc) is 2.74. The van der Waals surface area contributed by atoms with Gasteiger partial charge in [0.15, 0.2) is 0 Å². The van der Waals surface area contributed by atoms with Crippen molar-refractivity contribution in [1.82, 2.24) is 4.98 Å². The van der Waals surface area contributed by atoms with Gasteiger partial charge in [0.05, 0.1) is 23.0 Å². The Morgan fingerprint density at radius 2 is 1.76 bits per heavy atom. The number of primary amides is 1. The Bertz CT molecular complexity index is 1030. The van der Waals surface area contributed by atoms with Gasteiger partial charge in [0, 0.05) is 22.2 Å². The summed E-state index contributed by atoms with van der Waals surface area (Å²) in [5.74, 6) is -0.555. The van der Waals surface area contributed by atoms with Crippen LogP contribution in [0.15, 0.2) is 54.6 Å². The standard InChI is InChI=1S/C17H14N4O.C6H12O/c18-13-7-5-11(17(20)22)9-12(13)16(19)15-8-6-10-3-1-2-4-14(10)21-15;7-6-4-2-1-3-5-6/h1-9,19H,18H2,(H2,20,22);6-7H,1-5H2. The fourth-order valence-electron chi connectivity index (χ4n) is 3.35. The van der Waals surface area contributed by atoms with Crippen LogP contribution in [0.5, 0.6) is 0 Å². The van der Waals surface area contributed by atoms with E-state index in [0.29, 0.717) is 22.5 Å². The number of carbonyl (C=O) groups is 1. The SMILES string of the molecule is N=C(c1ccc2ccccc2n1)c1cc(C(N)=O)ccc1N.OC1CCCCC1. The highest BCUT2D eigenvalue weighted by molar-refractivity contribution is 6.14. The largest absolute Gasteiger partial charge is 0.398 e. The van der Waals surface area contributed by atoms with Gasteiger partial charge in [0.1, 0.15) is 0 Å². The molecule has 1 amide bonds. The smallest absolute Gasteiger partial charge is 0.248 e. The number of amides is 1. The maximum atomic E-state index is 11.3. The quantitative estimate of drug-likeness (QED) is 0.402. The third-order valence-electron chi connectivity index (χ3n) is 5.04. The fourth-order valence-corrected chi connectivity index (χ4v) is 3.35. The lowest BCUT2D eigenvalue weighted by Crippen LogP contribution is -2.14. The molecule has 0 radical (unpaired) electrons. The number of hydrogen-bond acceptors (Lipinski definition) is 5. The number of nitrogens with zero attached hydrogens (tertiary/aromatic N) is 1. The molecule has 0 spiro atoms. The molecule has 0 aliphatic heterocycles. The Balaban J connectivity index is 0.000000290. The molecule has 29 heavy (non-hydrogen) atoms. The van der Waals surface area contributed by atoms with Crippen LogP contribution < -0.4 is 11.5 Å². The average molecular weight is 390 g/mol. The molecule has 2 aromatic carbocycles. The van der Waals surface area contributed by atoms with E-state index in [2.05, 4.69) is 4.98 Å². The number of para-hydroxylation sites is 1. The van der Waals surface area contributed by atoms with Gasteiger partial charge in [-0.3, -0.25) is 10.2 Å². The first-order valence-corrected chi connectivity index (χ1v) is 9.78. The summed E-state index contributed by atoms with van der Waals surface area (Å²) >= 11 is 0. The predicted octanol–water partition coefficient (Wildman–Crippen LogP) is 3.64. The van der Waals surface area contributed by atoms with Crippen LogP contribution >= 0.6 is 0 Å². The van der Waals surface area contributed by atoms with Crippen LogP contribution in [0.1, 0.15) is 53.7 Å². The van der Waals surface area contributed by atoms with Gasteiger partial charge in [0.25, 0.3) is 0 Å². The van der Waals surface area contributed by atoms with E-state index in [1.54, 1.807) is 18.2 Å². The number of anilines is 1. The van der Waals surface area contributed by atoms with Crippen molar-refractivity contribution in [1.29, 1.82) is 5.41 Å². The molecule has 1 aromatic heterocycles. The number of hydrogen-bond donors (Lipinski definition) is 4. The molecule has 1 aliphatic rings. The predicted molar refractivity (Wildman–Crippen MR) is 116 cm³/mol. The maximum Gasteiger partial charge on any atom is 0.248 e. The highest BCUT2D eigenvalue weighted by atomic mass is 16.3. The lowest BCUT2D eigenvalue weighted by atomic mass is 9.98. The summed E-state index contributed by atoms with van der Waals surface area (Å²) in [6.07, 6.45) is 5.92. The minimum absolute atomic E-state index is 0.0359. The summed E-state index contributed by atoms with van der Waals surface area (Å²) in [6.45, 7) is 0. The van der Waals surface area contributed by atoms with E-state index in [4.69, 9.17) is 22.0 Å². The minimum Gasteiger partial charge on any atom is -0.398 e. The molecule has 150 valence electrons. The monoisotopic (exact) mass is 390 g/mol. The fraction of sp³-hybridized carbons (Fsp3) is 0.261. The summed E-state index contributed by atoms with van der Waals surface area (Å²) in [5, 5.41) is 18.2. The molecule has 4 rings (SSSR count). The topological polar surface area (TPSA) is 126 Å². The van der Waals surface area contributed by atoms with Crippen LogP contribution in [-0.2, 0) is 0 Å². The van der Waals surface area contributed by atoms with Crippen molar-refractivity contribution >= 4 is 28.2 Å². The molecule has 1 heterocycles. The van der Waals surface area contributed by atoms with Gasteiger partial charge in [-0.2, -0.15) is 0 Å². The number of pyridine rings is 1. The first-order chi connectivity index (χ1) is 14.0. The number of nitrogens with two attached hydrogens (primary N) is 2. The number of benzene rings is 2. The third kappa shape index (κ3) is 5.18. The number of aromatic nitrogens is 1. The molecule has 1 aliphatic carbocycles. The second-order valence-corrected chi connectivity index (χ2v) is 7.22. The molecule has 0 bridgehead atoms. The summed E-state index contributed by atoms with van der Waals surface area (Å²) in [6, 6.07) is 16.0. The van der Waals surface area contributed by atoms with E-state index in [9.17, 15) is 4.79 Å². The molecular weight excluding hydrogens is 364 g/mol. The zero-order valence-electron chi connectivity index (χ0n) is 16.3. The molecule has 0 atom stereocenters. The van der Waals surface area contributed by atoms with Crippen LogP contribution in [0.3, 0.4) is 0 Å². The Hall–Kier alpha value is -3.25. The molecule has 0 unspecified atom stereocenters. The summed E-state index contributed by atoms with van der Waals surface area (Å²) in [4.78, 5) is 15.8. The summed E-state index contributed by atoms with van der Waals surface area (Å²) in [7, 11) is 0. The van der Waals surface area contributed by atoms with E-state index in [-0.39, 0.29) is 11.8 Å². The highest BCUT2D eigenvalue weighted by Gasteiger charge is 2.13. The lowest BCUT2D eigenvalue weighted by Gasteiger charge is -2.14. The van der Waals surface area contributed by atoms with E-state index < -0.39 is 5.91 Å². The van der Waals surface area contributed by atoms with Crippen molar-refractivity contribution in [2.75, 3.05) is 5.73 Å². The summed E-state index contributed by atoms with van der Waals surface area (Å²) < 4.78 is 0. The van der Waals surface area contributed by atoms with E-state index in [1.165, 1.54) is 25.3 Å². The van der Waals surface area contributed by atoms with Crippen LogP contribution in [0.4, 0.5) is 5.69 Å². The highest BCUT2D eigenvalue weighted by Crippen LogP contribution is 2.20. The third-order valence-corrected chi connectivity index (χ3v) is 5.04. The first kappa shape index (κ1) is 20.5. The number of fused-ring (bicyclic) bond motifs is 1. The molecular formula is C23H26N4O2. The molecule has 6 nitrogen and oxygen atoms in total. The van der Waals surface area contributed by atoms with Gasteiger partial charge in [-0.25, -0.2) is 4.98 Å². The van der Waals surface area contributed by atoms with Crippen molar-refractivity contribution in [2.45, 2.75) is 38.2 Å². The molecule has 1 saturated carbocycles. The number of nitrogens with one attached hydrogen (secondary N) is 1. The van der Waals surface area contributed by atoms with Gasteiger partial charge < -0.3 is 16.6 Å². The number of rotatable bonds is 3. The number of nitrogen functional groups attached to an aromatic ring is 1.